The van der Waals surface area contributed by atoms with Crippen LogP contribution < -0.4 is 5.32 Å². The summed E-state index contributed by atoms with van der Waals surface area (Å²) in [6.45, 7) is 3.96. The van der Waals surface area contributed by atoms with Gasteiger partial charge >= 0.3 is 5.97 Å². The summed E-state index contributed by atoms with van der Waals surface area (Å²) < 4.78 is 12.7. The summed E-state index contributed by atoms with van der Waals surface area (Å²) in [6, 6.07) is 6.28. The fraction of sp³-hybridized carbons (Fsp3) is 0.308. The summed E-state index contributed by atoms with van der Waals surface area (Å²) >= 11 is 0. The Kier molecular flexibility index (Phi) is 4.84. The second-order valence-corrected chi connectivity index (χ2v) is 3.87. The van der Waals surface area contributed by atoms with E-state index in [1.54, 1.807) is 25.1 Å². The lowest BCUT2D eigenvalue weighted by atomic mass is 10.1. The van der Waals surface area contributed by atoms with Crippen molar-refractivity contribution in [3.63, 3.8) is 0 Å². The summed E-state index contributed by atoms with van der Waals surface area (Å²) in [5, 5.41) is 11.8. The summed E-state index contributed by atoms with van der Waals surface area (Å²) in [4.78, 5) is 10.5. The predicted molar refractivity (Wildman–Crippen MR) is 64.2 cm³/mol. The van der Waals surface area contributed by atoms with E-state index >= 15 is 0 Å². The van der Waals surface area contributed by atoms with Gasteiger partial charge in [0, 0.05) is 18.2 Å². The molecule has 4 heteroatoms. The van der Waals surface area contributed by atoms with Crippen LogP contribution in [-0.4, -0.2) is 17.6 Å². The van der Waals surface area contributed by atoms with Gasteiger partial charge in [0.2, 0.25) is 0 Å². The van der Waals surface area contributed by atoms with Gasteiger partial charge in [0.1, 0.15) is 5.82 Å². The highest BCUT2D eigenvalue weighted by atomic mass is 19.1. The van der Waals surface area contributed by atoms with E-state index in [0.717, 1.165) is 5.56 Å². The van der Waals surface area contributed by atoms with E-state index in [0.29, 0.717) is 12.1 Å². The molecule has 1 atom stereocenters. The first kappa shape index (κ1) is 13.4. The normalized spacial score (nSPS) is 13.5. The third kappa shape index (κ3) is 4.36. The number of carboxylic acids is 1. The molecule has 1 rings (SSSR count). The molecular weight excluding hydrogens is 221 g/mol. The molecule has 0 aliphatic carbocycles. The first-order valence-corrected chi connectivity index (χ1v) is 5.39. The number of hydrogen-bond donors (Lipinski definition) is 2. The average Bonchev–Trinajstić information content (AvgIpc) is 2.29. The highest BCUT2D eigenvalue weighted by Gasteiger charge is 2.04. The molecular formula is C13H16FNO2. The van der Waals surface area contributed by atoms with E-state index in [1.165, 1.54) is 12.1 Å². The third-order valence-corrected chi connectivity index (χ3v) is 2.54. The molecule has 0 aromatic heterocycles. The lowest BCUT2D eigenvalue weighted by molar-refractivity contribution is -0.132. The Bertz CT molecular complexity index is 412. The zero-order chi connectivity index (χ0) is 12.8. The molecule has 1 aromatic carbocycles. The van der Waals surface area contributed by atoms with E-state index in [2.05, 4.69) is 5.32 Å². The van der Waals surface area contributed by atoms with Crippen LogP contribution in [0.1, 0.15) is 25.5 Å². The van der Waals surface area contributed by atoms with Gasteiger partial charge < -0.3 is 10.4 Å². The van der Waals surface area contributed by atoms with Crippen molar-refractivity contribution in [1.29, 1.82) is 0 Å². The van der Waals surface area contributed by atoms with Gasteiger partial charge in [0.15, 0.2) is 0 Å². The largest absolute Gasteiger partial charge is 0.478 e. The van der Waals surface area contributed by atoms with E-state index in [-0.39, 0.29) is 11.9 Å². The predicted octanol–water partition coefficient (Wildman–Crippen LogP) is 2.51. The quantitative estimate of drug-likeness (QED) is 0.773. The van der Waals surface area contributed by atoms with Crippen LogP contribution in [0.25, 0.3) is 0 Å². The maximum atomic E-state index is 12.7. The van der Waals surface area contributed by atoms with Crippen LogP contribution in [-0.2, 0) is 4.79 Å². The standard InChI is InChI=1S/C13H16FNO2/c1-9(13(16)17)7-8-15-10(2)11-3-5-12(14)6-4-11/h3-7,10,15H,8H2,1-2H3,(H,16,17)/b9-7-/t10-/m0/s1. The van der Waals surface area contributed by atoms with E-state index in [4.69, 9.17) is 5.11 Å². The molecule has 1 aromatic rings. The van der Waals surface area contributed by atoms with Gasteiger partial charge in [-0.25, -0.2) is 9.18 Å². The van der Waals surface area contributed by atoms with E-state index < -0.39 is 5.97 Å². The molecule has 0 unspecified atom stereocenters. The number of aliphatic carboxylic acids is 1. The van der Waals surface area contributed by atoms with Crippen LogP contribution in [0.3, 0.4) is 0 Å². The molecule has 0 bridgehead atoms. The van der Waals surface area contributed by atoms with Crippen LogP contribution >= 0.6 is 0 Å². The molecule has 0 aliphatic rings. The number of rotatable bonds is 5. The van der Waals surface area contributed by atoms with Crippen LogP contribution in [0.2, 0.25) is 0 Å². The number of halogens is 1. The molecule has 2 N–H and O–H groups in total. The molecule has 0 saturated heterocycles. The van der Waals surface area contributed by atoms with E-state index in [1.807, 2.05) is 6.92 Å². The Labute approximate surface area is 100.0 Å². The monoisotopic (exact) mass is 237 g/mol. The fourth-order valence-electron chi connectivity index (χ4n) is 1.35. The lowest BCUT2D eigenvalue weighted by Crippen LogP contribution is -2.19. The van der Waals surface area contributed by atoms with Crippen molar-refractivity contribution in [3.8, 4) is 0 Å². The lowest BCUT2D eigenvalue weighted by Gasteiger charge is -2.12. The van der Waals surface area contributed by atoms with Gasteiger partial charge in [-0.2, -0.15) is 0 Å². The van der Waals surface area contributed by atoms with Gasteiger partial charge in [0.25, 0.3) is 0 Å². The number of nitrogens with one attached hydrogen (secondary N) is 1. The van der Waals surface area contributed by atoms with Gasteiger partial charge in [-0.15, -0.1) is 0 Å². The second kappa shape index (κ2) is 6.15. The maximum Gasteiger partial charge on any atom is 0.330 e. The zero-order valence-electron chi connectivity index (χ0n) is 9.90. The number of carboxylic acid groups (broad SMARTS) is 1. The molecule has 0 fully saturated rings. The molecule has 0 aliphatic heterocycles. The zero-order valence-corrected chi connectivity index (χ0v) is 9.90. The third-order valence-electron chi connectivity index (χ3n) is 2.54. The van der Waals surface area contributed by atoms with Crippen LogP contribution in [0.5, 0.6) is 0 Å². The highest BCUT2D eigenvalue weighted by molar-refractivity contribution is 5.85. The van der Waals surface area contributed by atoms with Crippen molar-refractivity contribution in [1.82, 2.24) is 5.32 Å². The topological polar surface area (TPSA) is 49.3 Å². The van der Waals surface area contributed by atoms with Crippen LogP contribution in [0.4, 0.5) is 4.39 Å². The molecule has 92 valence electrons. The van der Waals surface area contributed by atoms with Crippen molar-refractivity contribution in [2.24, 2.45) is 0 Å². The smallest absolute Gasteiger partial charge is 0.330 e. The number of carbonyl (C=O) groups is 1. The summed E-state index contributed by atoms with van der Waals surface area (Å²) in [7, 11) is 0. The molecule has 17 heavy (non-hydrogen) atoms. The Morgan fingerprint density at radius 1 is 1.47 bits per heavy atom. The molecule has 0 amide bonds. The highest BCUT2D eigenvalue weighted by Crippen LogP contribution is 2.12. The van der Waals surface area contributed by atoms with Crippen molar-refractivity contribution in [3.05, 3.63) is 47.3 Å². The SMILES string of the molecule is C/C(=C/CN[C@@H](C)c1ccc(F)cc1)C(=O)O. The van der Waals surface area contributed by atoms with Crippen LogP contribution in [0.15, 0.2) is 35.9 Å². The minimum atomic E-state index is -0.916. The van der Waals surface area contributed by atoms with Crippen molar-refractivity contribution in [2.45, 2.75) is 19.9 Å². The average molecular weight is 237 g/mol. The van der Waals surface area contributed by atoms with E-state index in [9.17, 15) is 9.18 Å². The van der Waals surface area contributed by atoms with Crippen molar-refractivity contribution < 1.29 is 14.3 Å². The number of benzene rings is 1. The Balaban J connectivity index is 2.50. The Morgan fingerprint density at radius 3 is 2.59 bits per heavy atom. The van der Waals surface area contributed by atoms with Gasteiger partial charge in [0.05, 0.1) is 0 Å². The molecule has 0 heterocycles. The summed E-state index contributed by atoms with van der Waals surface area (Å²) in [5.74, 6) is -1.18. The van der Waals surface area contributed by atoms with Crippen molar-refractivity contribution >= 4 is 5.97 Å². The summed E-state index contributed by atoms with van der Waals surface area (Å²) in [6.07, 6.45) is 1.61. The first-order valence-electron chi connectivity index (χ1n) is 5.39. The Hall–Kier alpha value is -1.68. The second-order valence-electron chi connectivity index (χ2n) is 3.87. The molecule has 3 nitrogen and oxygen atoms in total. The summed E-state index contributed by atoms with van der Waals surface area (Å²) in [5.41, 5.74) is 1.27. The van der Waals surface area contributed by atoms with Gasteiger partial charge in [-0.1, -0.05) is 18.2 Å². The maximum absolute atomic E-state index is 12.7. The number of hydrogen-bond acceptors (Lipinski definition) is 2. The van der Waals surface area contributed by atoms with Gasteiger partial charge in [-0.3, -0.25) is 0 Å². The fourth-order valence-corrected chi connectivity index (χ4v) is 1.35. The minimum Gasteiger partial charge on any atom is -0.478 e. The minimum absolute atomic E-state index is 0.0495. The molecule has 0 radical (unpaired) electrons. The Morgan fingerprint density at radius 2 is 2.06 bits per heavy atom. The van der Waals surface area contributed by atoms with Crippen LogP contribution in [0, 0.1) is 5.82 Å². The first-order chi connectivity index (χ1) is 8.00. The van der Waals surface area contributed by atoms with Gasteiger partial charge in [-0.05, 0) is 31.5 Å². The van der Waals surface area contributed by atoms with Crippen molar-refractivity contribution in [2.75, 3.05) is 6.54 Å². The molecule has 0 saturated carbocycles. The molecule has 0 spiro atoms.